The first-order chi connectivity index (χ1) is 37.5. The highest BCUT2D eigenvalue weighted by molar-refractivity contribution is 5.71. The van der Waals surface area contributed by atoms with Crippen LogP contribution in [-0.2, 0) is 28.6 Å². The predicted molar refractivity (Wildman–Crippen MR) is 330 cm³/mol. The number of carbonyl (C=O) groups excluding carboxylic acids is 3. The number of carbonyl (C=O) groups is 3. The summed E-state index contributed by atoms with van der Waals surface area (Å²) < 4.78 is 16.8. The first-order valence-corrected chi connectivity index (χ1v) is 31.5. The van der Waals surface area contributed by atoms with Gasteiger partial charge in [0.2, 0.25) is 0 Å². The molecular formula is C70H116O6. The van der Waals surface area contributed by atoms with Crippen LogP contribution in [0.2, 0.25) is 0 Å². The monoisotopic (exact) mass is 1050 g/mol. The first-order valence-electron chi connectivity index (χ1n) is 31.5. The Hall–Kier alpha value is -4.19. The molecule has 0 radical (unpaired) electrons. The number of unbranched alkanes of at least 4 members (excludes halogenated alkanes) is 25. The van der Waals surface area contributed by atoms with Crippen molar-refractivity contribution in [3.8, 4) is 0 Å². The molecule has 1 unspecified atom stereocenters. The van der Waals surface area contributed by atoms with Crippen LogP contribution in [-0.4, -0.2) is 37.2 Å². The van der Waals surface area contributed by atoms with E-state index in [9.17, 15) is 14.4 Å². The lowest BCUT2D eigenvalue weighted by Gasteiger charge is -2.18. The van der Waals surface area contributed by atoms with Crippen molar-refractivity contribution in [3.05, 3.63) is 122 Å². The molecule has 0 N–H and O–H groups in total. The molecule has 76 heavy (non-hydrogen) atoms. The van der Waals surface area contributed by atoms with Crippen LogP contribution in [0.5, 0.6) is 0 Å². The molecule has 0 heterocycles. The molecule has 0 aliphatic heterocycles. The Kier molecular flexibility index (Phi) is 59.9. The van der Waals surface area contributed by atoms with Gasteiger partial charge in [0, 0.05) is 19.3 Å². The second-order valence-corrected chi connectivity index (χ2v) is 20.6. The summed E-state index contributed by atoms with van der Waals surface area (Å²) in [6, 6.07) is 0. The molecule has 0 saturated heterocycles. The van der Waals surface area contributed by atoms with E-state index in [2.05, 4.69) is 142 Å². The summed E-state index contributed by atoms with van der Waals surface area (Å²) in [5, 5.41) is 0. The highest BCUT2D eigenvalue weighted by Gasteiger charge is 2.19. The van der Waals surface area contributed by atoms with Gasteiger partial charge in [-0.2, -0.15) is 0 Å². The lowest BCUT2D eigenvalue weighted by Crippen LogP contribution is -2.30. The molecule has 0 aromatic rings. The average Bonchev–Trinajstić information content (AvgIpc) is 3.42. The first kappa shape index (κ1) is 71.8. The normalized spacial score (nSPS) is 12.9. The van der Waals surface area contributed by atoms with Crippen molar-refractivity contribution < 1.29 is 28.6 Å². The van der Waals surface area contributed by atoms with Crippen LogP contribution in [0.4, 0.5) is 0 Å². The third kappa shape index (κ3) is 60.7. The molecule has 0 amide bonds. The maximum absolute atomic E-state index is 12.9. The molecular weight excluding hydrogens is 937 g/mol. The van der Waals surface area contributed by atoms with E-state index in [0.717, 1.165) is 103 Å². The molecule has 0 fully saturated rings. The molecule has 0 spiro atoms. The lowest BCUT2D eigenvalue weighted by molar-refractivity contribution is -0.167. The zero-order valence-corrected chi connectivity index (χ0v) is 49.5. The van der Waals surface area contributed by atoms with E-state index in [4.69, 9.17) is 14.2 Å². The fourth-order valence-electron chi connectivity index (χ4n) is 8.50. The summed E-state index contributed by atoms with van der Waals surface area (Å²) in [7, 11) is 0. The summed E-state index contributed by atoms with van der Waals surface area (Å²) in [6.07, 6.45) is 87.8. The Labute approximate surface area is 469 Å². The Bertz CT molecular complexity index is 1590. The lowest BCUT2D eigenvalue weighted by atomic mass is 10.0. The van der Waals surface area contributed by atoms with Gasteiger partial charge in [0.05, 0.1) is 0 Å². The molecule has 6 nitrogen and oxygen atoms in total. The smallest absolute Gasteiger partial charge is 0.306 e. The second kappa shape index (κ2) is 63.3. The van der Waals surface area contributed by atoms with Gasteiger partial charge in [-0.1, -0.05) is 277 Å². The quantitative estimate of drug-likeness (QED) is 0.0261. The minimum Gasteiger partial charge on any atom is -0.462 e. The van der Waals surface area contributed by atoms with Gasteiger partial charge in [-0.25, -0.2) is 0 Å². The highest BCUT2D eigenvalue weighted by atomic mass is 16.6. The summed E-state index contributed by atoms with van der Waals surface area (Å²) in [5.41, 5.74) is 0. The van der Waals surface area contributed by atoms with Crippen molar-refractivity contribution in [2.45, 2.75) is 290 Å². The van der Waals surface area contributed by atoms with Crippen molar-refractivity contribution >= 4 is 17.9 Å². The molecule has 0 aromatic carbocycles. The highest BCUT2D eigenvalue weighted by Crippen LogP contribution is 2.15. The van der Waals surface area contributed by atoms with Crippen LogP contribution < -0.4 is 0 Å². The van der Waals surface area contributed by atoms with Crippen molar-refractivity contribution in [1.82, 2.24) is 0 Å². The maximum atomic E-state index is 12.9. The Morgan fingerprint density at radius 1 is 0.276 bits per heavy atom. The van der Waals surface area contributed by atoms with Gasteiger partial charge in [-0.15, -0.1) is 0 Å². The molecule has 0 aliphatic rings. The van der Waals surface area contributed by atoms with Gasteiger partial charge in [-0.05, 0) is 109 Å². The third-order valence-corrected chi connectivity index (χ3v) is 13.2. The SMILES string of the molecule is CC/C=C\C/C=C\C/C=C\C/C=C\C/C=C\C/C=C\C/C=C\C/C=C\C/C=C\CCCC(=O)OCC(COC(=O)CCCCCCCCCCCCCC)OC(=O)CCCCCCCCC/C=C\CCCCCCCC. The standard InChI is InChI=1S/C70H116O6/c1-4-7-10-13-16-19-22-25-27-29-30-31-32-33-34-35-36-37-38-39-40-42-43-45-48-51-54-57-60-63-69(72)75-66-67(65-74-68(71)62-59-56-53-50-47-24-21-18-15-12-9-6-3)76-70(73)64-61-58-55-52-49-46-44-41-28-26-23-20-17-14-11-8-5-2/h7,10,16,19,25-28,30-31,33-34,36-37,39-40,43,45,51,54,67H,4-6,8-9,11-15,17-18,20-24,29,32,35,38,41-42,44,46-50,52-53,55-66H2,1-3H3/b10-7-,19-16-,27-25-,28-26-,31-30-,34-33-,37-36-,40-39-,45-43-,54-51-. The van der Waals surface area contributed by atoms with E-state index in [1.54, 1.807) is 0 Å². The number of hydrogen-bond donors (Lipinski definition) is 0. The zero-order valence-electron chi connectivity index (χ0n) is 49.5. The molecule has 0 bridgehead atoms. The number of rotatable bonds is 56. The third-order valence-electron chi connectivity index (χ3n) is 13.2. The summed E-state index contributed by atoms with van der Waals surface area (Å²) >= 11 is 0. The molecule has 0 aliphatic carbocycles. The van der Waals surface area contributed by atoms with E-state index < -0.39 is 6.10 Å². The van der Waals surface area contributed by atoms with Crippen molar-refractivity contribution in [1.29, 1.82) is 0 Å². The fourth-order valence-corrected chi connectivity index (χ4v) is 8.50. The fraction of sp³-hybridized carbons (Fsp3) is 0.671. The Morgan fingerprint density at radius 3 is 0.868 bits per heavy atom. The van der Waals surface area contributed by atoms with Crippen molar-refractivity contribution in [3.63, 3.8) is 0 Å². The zero-order chi connectivity index (χ0) is 55.0. The van der Waals surface area contributed by atoms with Crippen LogP contribution in [0.3, 0.4) is 0 Å². The summed E-state index contributed by atoms with van der Waals surface area (Å²) in [4.78, 5) is 38.2. The molecule has 432 valence electrons. The summed E-state index contributed by atoms with van der Waals surface area (Å²) in [5.74, 6) is -0.960. The number of hydrogen-bond acceptors (Lipinski definition) is 6. The molecule has 0 aromatic heterocycles. The molecule has 1 atom stereocenters. The van der Waals surface area contributed by atoms with Crippen LogP contribution in [0, 0.1) is 0 Å². The minimum absolute atomic E-state index is 0.0974. The Balaban J connectivity index is 4.42. The predicted octanol–water partition coefficient (Wildman–Crippen LogP) is 21.6. The maximum Gasteiger partial charge on any atom is 0.306 e. The van der Waals surface area contributed by atoms with Crippen molar-refractivity contribution in [2.24, 2.45) is 0 Å². The molecule has 6 heteroatoms. The number of esters is 3. The van der Waals surface area contributed by atoms with Crippen LogP contribution in [0.15, 0.2) is 122 Å². The number of ether oxygens (including phenoxy) is 3. The van der Waals surface area contributed by atoms with Gasteiger partial charge in [0.1, 0.15) is 13.2 Å². The van der Waals surface area contributed by atoms with Gasteiger partial charge in [0.15, 0.2) is 6.10 Å². The average molecular weight is 1050 g/mol. The van der Waals surface area contributed by atoms with Gasteiger partial charge in [0.25, 0.3) is 0 Å². The van der Waals surface area contributed by atoms with Crippen LogP contribution >= 0.6 is 0 Å². The van der Waals surface area contributed by atoms with Gasteiger partial charge in [-0.3, -0.25) is 14.4 Å². The summed E-state index contributed by atoms with van der Waals surface area (Å²) in [6.45, 7) is 6.48. The molecule has 0 rings (SSSR count). The Morgan fingerprint density at radius 2 is 0.526 bits per heavy atom. The van der Waals surface area contributed by atoms with E-state index in [0.29, 0.717) is 19.3 Å². The number of allylic oxidation sites excluding steroid dienone is 20. The van der Waals surface area contributed by atoms with Gasteiger partial charge >= 0.3 is 17.9 Å². The van der Waals surface area contributed by atoms with E-state index in [1.807, 2.05) is 0 Å². The largest absolute Gasteiger partial charge is 0.462 e. The molecule has 0 saturated carbocycles. The topological polar surface area (TPSA) is 78.9 Å². The van der Waals surface area contributed by atoms with Crippen LogP contribution in [0.25, 0.3) is 0 Å². The van der Waals surface area contributed by atoms with Crippen LogP contribution in [0.1, 0.15) is 284 Å². The van der Waals surface area contributed by atoms with E-state index in [-0.39, 0.29) is 37.5 Å². The minimum atomic E-state index is -0.805. The van der Waals surface area contributed by atoms with Gasteiger partial charge < -0.3 is 14.2 Å². The van der Waals surface area contributed by atoms with Crippen molar-refractivity contribution in [2.75, 3.05) is 13.2 Å². The second-order valence-electron chi connectivity index (χ2n) is 20.6. The van der Waals surface area contributed by atoms with E-state index in [1.165, 1.54) is 135 Å². The van der Waals surface area contributed by atoms with E-state index >= 15 is 0 Å².